The minimum Gasteiger partial charge on any atom is -0.481 e. The fraction of sp³-hybridized carbons (Fsp3) is 0.250. The minimum atomic E-state index is -1.15. The Balaban J connectivity index is 1.75. The maximum Gasteiger partial charge on any atom is 0.336 e. The highest BCUT2D eigenvalue weighted by molar-refractivity contribution is 6.39. The van der Waals surface area contributed by atoms with E-state index < -0.39 is 29.3 Å². The summed E-state index contributed by atoms with van der Waals surface area (Å²) in [6, 6.07) is 11.0. The smallest absolute Gasteiger partial charge is 0.336 e. The number of halogens is 2. The number of aldehydes is 1. The number of piperidine rings is 1. The molecule has 7 nitrogen and oxygen atoms in total. The molecule has 1 saturated heterocycles. The zero-order chi connectivity index (χ0) is 23.7. The minimum absolute atomic E-state index is 0.0519. The fourth-order valence-corrected chi connectivity index (χ4v) is 4.79. The number of rotatable bonds is 5. The van der Waals surface area contributed by atoms with Crippen molar-refractivity contribution in [2.24, 2.45) is 5.92 Å². The van der Waals surface area contributed by atoms with E-state index in [1.54, 1.807) is 30.3 Å². The monoisotopic (exact) mass is 487 g/mol. The van der Waals surface area contributed by atoms with Crippen LogP contribution in [0.1, 0.15) is 24.3 Å². The summed E-state index contributed by atoms with van der Waals surface area (Å²) in [5.41, 5.74) is 0.818. The summed E-state index contributed by atoms with van der Waals surface area (Å²) >= 11 is 12.7. The van der Waals surface area contributed by atoms with Crippen LogP contribution in [-0.4, -0.2) is 41.3 Å². The van der Waals surface area contributed by atoms with Crippen LogP contribution in [-0.2, 0) is 14.4 Å². The van der Waals surface area contributed by atoms with Gasteiger partial charge in [0.05, 0.1) is 5.92 Å². The molecule has 0 unspecified atom stereocenters. The molecule has 2 heterocycles. The van der Waals surface area contributed by atoms with Crippen LogP contribution in [0.5, 0.6) is 0 Å². The number of amides is 1. The number of likely N-dealkylation sites (tertiary alicyclic amines) is 1. The van der Waals surface area contributed by atoms with Gasteiger partial charge in [0.15, 0.2) is 0 Å². The second kappa shape index (κ2) is 9.37. The number of hydrogen-bond donors (Lipinski definition) is 1. The van der Waals surface area contributed by atoms with E-state index in [4.69, 9.17) is 27.6 Å². The van der Waals surface area contributed by atoms with Gasteiger partial charge in [-0.05, 0) is 36.6 Å². The molecule has 1 fully saturated rings. The van der Waals surface area contributed by atoms with Crippen LogP contribution in [0.15, 0.2) is 51.7 Å². The Labute approximate surface area is 198 Å². The summed E-state index contributed by atoms with van der Waals surface area (Å²) in [5.74, 6) is -3.26. The second-order valence-corrected chi connectivity index (χ2v) is 8.72. The summed E-state index contributed by atoms with van der Waals surface area (Å²) < 4.78 is 5.35. The molecule has 1 aliphatic rings. The fourth-order valence-electron chi connectivity index (χ4n) is 4.19. The van der Waals surface area contributed by atoms with Crippen molar-refractivity contribution >= 4 is 52.3 Å². The number of carbonyl (C=O) groups excluding carboxylic acids is 2. The zero-order valence-electron chi connectivity index (χ0n) is 17.3. The van der Waals surface area contributed by atoms with Gasteiger partial charge >= 0.3 is 11.6 Å². The largest absolute Gasteiger partial charge is 0.481 e. The Kier molecular flexibility index (Phi) is 6.54. The third kappa shape index (κ3) is 4.51. The second-order valence-electron chi connectivity index (χ2n) is 7.91. The molecule has 4 rings (SSSR count). The lowest BCUT2D eigenvalue weighted by Gasteiger charge is -2.32. The number of aliphatic carboxylic acids is 1. The van der Waals surface area contributed by atoms with Crippen LogP contribution < -0.4 is 5.63 Å². The molecule has 33 heavy (non-hydrogen) atoms. The first-order chi connectivity index (χ1) is 15.8. The van der Waals surface area contributed by atoms with Crippen molar-refractivity contribution in [3.8, 4) is 11.1 Å². The molecule has 0 aliphatic carbocycles. The van der Waals surface area contributed by atoms with E-state index in [2.05, 4.69) is 0 Å². The van der Waals surface area contributed by atoms with Crippen LogP contribution >= 0.6 is 23.2 Å². The number of hydrogen-bond acceptors (Lipinski definition) is 5. The summed E-state index contributed by atoms with van der Waals surface area (Å²) in [6.07, 6.45) is 1.54. The van der Waals surface area contributed by atoms with Crippen molar-refractivity contribution in [2.75, 3.05) is 13.1 Å². The SMILES string of the molecule is O=C[C@H](C(=O)N1CCC[C@H](C(=O)O)C1)c1ccc2c(-c3c(Cl)cccc3Cl)cc(=O)oc2c1. The Bertz CT molecular complexity index is 1300. The molecule has 2 aromatic carbocycles. The molecular formula is C24H19Cl2NO6. The maximum absolute atomic E-state index is 13.1. The molecule has 0 radical (unpaired) electrons. The molecule has 1 amide bonds. The van der Waals surface area contributed by atoms with E-state index in [0.717, 1.165) is 0 Å². The van der Waals surface area contributed by atoms with Crippen molar-refractivity contribution in [3.63, 3.8) is 0 Å². The molecule has 0 saturated carbocycles. The number of carboxylic acids is 1. The topological polar surface area (TPSA) is 105 Å². The Morgan fingerprint density at radius 2 is 1.88 bits per heavy atom. The molecule has 0 bridgehead atoms. The first kappa shape index (κ1) is 23.0. The number of nitrogens with zero attached hydrogens (tertiary/aromatic N) is 1. The third-order valence-corrected chi connectivity index (χ3v) is 6.47. The molecule has 9 heteroatoms. The van der Waals surface area contributed by atoms with Gasteiger partial charge in [-0.1, -0.05) is 41.4 Å². The van der Waals surface area contributed by atoms with Gasteiger partial charge in [-0.15, -0.1) is 0 Å². The first-order valence-corrected chi connectivity index (χ1v) is 11.0. The first-order valence-electron chi connectivity index (χ1n) is 10.3. The van der Waals surface area contributed by atoms with Gasteiger partial charge in [-0.25, -0.2) is 4.79 Å². The summed E-state index contributed by atoms with van der Waals surface area (Å²) in [5, 5.41) is 10.5. The van der Waals surface area contributed by atoms with Gasteiger partial charge in [-0.2, -0.15) is 0 Å². The third-order valence-electron chi connectivity index (χ3n) is 5.84. The predicted molar refractivity (Wildman–Crippen MR) is 124 cm³/mol. The summed E-state index contributed by atoms with van der Waals surface area (Å²) in [7, 11) is 0. The Morgan fingerprint density at radius 1 is 1.15 bits per heavy atom. The number of fused-ring (bicyclic) bond motifs is 1. The van der Waals surface area contributed by atoms with Crippen molar-refractivity contribution in [1.29, 1.82) is 0 Å². The lowest BCUT2D eigenvalue weighted by molar-refractivity contribution is -0.146. The average molecular weight is 488 g/mol. The van der Waals surface area contributed by atoms with E-state index in [1.165, 1.54) is 17.0 Å². The van der Waals surface area contributed by atoms with Gasteiger partial charge in [0, 0.05) is 45.7 Å². The average Bonchev–Trinajstić information content (AvgIpc) is 2.79. The van der Waals surface area contributed by atoms with Crippen LogP contribution in [0.3, 0.4) is 0 Å². The molecular weight excluding hydrogens is 469 g/mol. The summed E-state index contributed by atoms with van der Waals surface area (Å²) in [6.45, 7) is 0.432. The van der Waals surface area contributed by atoms with Gasteiger partial charge in [0.25, 0.3) is 0 Å². The molecule has 2 atom stereocenters. The Hall–Kier alpha value is -3.16. The highest BCUT2D eigenvalue weighted by Gasteiger charge is 2.32. The molecule has 3 aromatic rings. The van der Waals surface area contributed by atoms with Crippen molar-refractivity contribution in [3.05, 3.63) is 68.5 Å². The van der Waals surface area contributed by atoms with Gasteiger partial charge < -0.3 is 19.2 Å². The lowest BCUT2D eigenvalue weighted by Crippen LogP contribution is -2.44. The highest BCUT2D eigenvalue weighted by atomic mass is 35.5. The zero-order valence-corrected chi connectivity index (χ0v) is 18.8. The van der Waals surface area contributed by atoms with E-state index in [9.17, 15) is 24.3 Å². The van der Waals surface area contributed by atoms with Crippen molar-refractivity contribution in [2.45, 2.75) is 18.8 Å². The van der Waals surface area contributed by atoms with Gasteiger partial charge in [0.2, 0.25) is 5.91 Å². The van der Waals surface area contributed by atoms with Crippen molar-refractivity contribution in [1.82, 2.24) is 4.90 Å². The van der Waals surface area contributed by atoms with Crippen molar-refractivity contribution < 1.29 is 23.9 Å². The standard InChI is InChI=1S/C24H19Cl2NO6/c25-18-4-1-5-19(26)22(18)16-10-21(29)33-20-9-13(6-7-15(16)20)17(12-28)23(30)27-8-2-3-14(11-27)24(31)32/h1,4-7,9-10,12,14,17H,2-3,8,11H2,(H,31,32)/t14-,17-/m0/s1. The van der Waals surface area contributed by atoms with E-state index in [0.29, 0.717) is 57.8 Å². The molecule has 1 aliphatic heterocycles. The van der Waals surface area contributed by atoms with Gasteiger partial charge in [0.1, 0.15) is 17.8 Å². The maximum atomic E-state index is 13.1. The number of carbonyl (C=O) groups is 3. The number of benzene rings is 2. The lowest BCUT2D eigenvalue weighted by atomic mass is 9.93. The van der Waals surface area contributed by atoms with Crippen LogP contribution in [0, 0.1) is 5.92 Å². The molecule has 1 aromatic heterocycles. The normalized spacial score (nSPS) is 17.0. The quantitative estimate of drug-likeness (QED) is 0.325. The molecule has 0 spiro atoms. The Morgan fingerprint density at radius 3 is 2.55 bits per heavy atom. The molecule has 170 valence electrons. The van der Waals surface area contributed by atoms with E-state index in [-0.39, 0.29) is 12.1 Å². The van der Waals surface area contributed by atoms with Gasteiger partial charge in [-0.3, -0.25) is 9.59 Å². The van der Waals surface area contributed by atoms with Crippen LogP contribution in [0.2, 0.25) is 10.0 Å². The van der Waals surface area contributed by atoms with E-state index >= 15 is 0 Å². The summed E-state index contributed by atoms with van der Waals surface area (Å²) in [4.78, 5) is 50.0. The highest BCUT2D eigenvalue weighted by Crippen LogP contribution is 2.38. The predicted octanol–water partition coefficient (Wildman–Crippen LogP) is 4.37. The number of carboxylic acid groups (broad SMARTS) is 1. The van der Waals surface area contributed by atoms with Crippen LogP contribution in [0.25, 0.3) is 22.1 Å². The van der Waals surface area contributed by atoms with Crippen LogP contribution in [0.4, 0.5) is 0 Å². The molecule has 1 N–H and O–H groups in total. The van der Waals surface area contributed by atoms with E-state index in [1.807, 2.05) is 0 Å².